The summed E-state index contributed by atoms with van der Waals surface area (Å²) >= 11 is 0. The van der Waals surface area contributed by atoms with Gasteiger partial charge in [0.25, 0.3) is 0 Å². The Kier molecular flexibility index (Phi) is 6.90. The first kappa shape index (κ1) is 19.6. The second kappa shape index (κ2) is 9.16. The lowest BCUT2D eigenvalue weighted by Crippen LogP contribution is -2.49. The van der Waals surface area contributed by atoms with Crippen LogP contribution >= 0.6 is 0 Å². The Morgan fingerprint density at radius 1 is 0.962 bits per heavy atom. The molecule has 26 heavy (non-hydrogen) atoms. The van der Waals surface area contributed by atoms with Crippen molar-refractivity contribution in [3.05, 3.63) is 42.0 Å². The number of aryl methyl sites for hydroxylation is 1. The van der Waals surface area contributed by atoms with Gasteiger partial charge in [0.15, 0.2) is 0 Å². The van der Waals surface area contributed by atoms with E-state index in [2.05, 4.69) is 6.08 Å². The second-order valence-corrected chi connectivity index (χ2v) is 9.36. The van der Waals surface area contributed by atoms with E-state index >= 15 is 0 Å². The number of fused-ring (bicyclic) bond motifs is 1. The lowest BCUT2D eigenvalue weighted by Gasteiger charge is -2.38. The molecule has 0 unspecified atom stereocenters. The molecule has 0 bridgehead atoms. The normalized spacial score (nSPS) is 27.7. The van der Waals surface area contributed by atoms with Crippen LogP contribution in [0.15, 0.2) is 41.3 Å². The van der Waals surface area contributed by atoms with Crippen LogP contribution in [-0.2, 0) is 14.8 Å². The van der Waals surface area contributed by atoms with Crippen LogP contribution in [0.3, 0.4) is 0 Å². The van der Waals surface area contributed by atoms with Crippen LogP contribution in [0.4, 0.5) is 0 Å². The predicted octanol–water partition coefficient (Wildman–Crippen LogP) is 4.44. The molecule has 0 aromatic heterocycles. The van der Waals surface area contributed by atoms with Gasteiger partial charge in [-0.25, -0.2) is 8.42 Å². The Hall–Kier alpha value is -1.17. The van der Waals surface area contributed by atoms with Crippen molar-refractivity contribution >= 4 is 10.0 Å². The Bertz CT molecular complexity index is 696. The zero-order chi connectivity index (χ0) is 18.4. The van der Waals surface area contributed by atoms with Gasteiger partial charge in [-0.15, -0.1) is 0 Å². The third-order valence-corrected chi connectivity index (χ3v) is 7.37. The highest BCUT2D eigenvalue weighted by Crippen LogP contribution is 2.30. The van der Waals surface area contributed by atoms with Crippen molar-refractivity contribution in [2.24, 2.45) is 0 Å². The summed E-state index contributed by atoms with van der Waals surface area (Å²) in [6.45, 7) is 3.14. The van der Waals surface area contributed by atoms with Gasteiger partial charge in [0.1, 0.15) is 0 Å². The summed E-state index contributed by atoms with van der Waals surface area (Å²) in [7, 11) is -3.54. The maximum absolute atomic E-state index is 13.4. The fourth-order valence-corrected chi connectivity index (χ4v) is 5.56. The van der Waals surface area contributed by atoms with Gasteiger partial charge in [0, 0.05) is 13.2 Å². The highest BCUT2D eigenvalue weighted by atomic mass is 32.2. The number of allylic oxidation sites excluding steroid dienone is 1. The Morgan fingerprint density at radius 2 is 1.73 bits per heavy atom. The van der Waals surface area contributed by atoms with Crippen LogP contribution in [0.2, 0.25) is 0 Å². The third-order valence-electron chi connectivity index (χ3n) is 5.46. The summed E-state index contributed by atoms with van der Waals surface area (Å²) in [6, 6.07) is 7.12. The molecule has 1 saturated carbocycles. The monoisotopic (exact) mass is 377 g/mol. The predicted molar refractivity (Wildman–Crippen MR) is 105 cm³/mol. The molecule has 0 spiro atoms. The van der Waals surface area contributed by atoms with Gasteiger partial charge in [-0.05, 0) is 51.2 Å². The number of ether oxygens (including phenoxy) is 1. The highest BCUT2D eigenvalue weighted by molar-refractivity contribution is 7.89. The third kappa shape index (κ3) is 4.76. The number of sulfonamides is 1. The maximum atomic E-state index is 13.4. The van der Waals surface area contributed by atoms with Crippen molar-refractivity contribution in [2.75, 3.05) is 13.2 Å². The molecular formula is C21H31NO3S. The summed E-state index contributed by atoms with van der Waals surface area (Å²) in [6.07, 6.45) is 12.6. The van der Waals surface area contributed by atoms with Crippen molar-refractivity contribution in [2.45, 2.75) is 75.3 Å². The summed E-state index contributed by atoms with van der Waals surface area (Å²) < 4.78 is 34.7. The summed E-state index contributed by atoms with van der Waals surface area (Å²) in [4.78, 5) is 0.382. The molecule has 1 aromatic rings. The number of hydrogen-bond acceptors (Lipinski definition) is 3. The first-order chi connectivity index (χ1) is 12.6. The molecule has 1 aliphatic carbocycles. The van der Waals surface area contributed by atoms with E-state index in [1.54, 1.807) is 16.4 Å². The quantitative estimate of drug-likeness (QED) is 0.716. The van der Waals surface area contributed by atoms with Crippen LogP contribution in [-0.4, -0.2) is 38.0 Å². The zero-order valence-electron chi connectivity index (χ0n) is 15.8. The van der Waals surface area contributed by atoms with Crippen LogP contribution in [0.25, 0.3) is 0 Å². The topological polar surface area (TPSA) is 46.6 Å². The molecule has 2 aliphatic rings. The lowest BCUT2D eigenvalue weighted by atomic mass is 9.92. The standard InChI is InChI=1S/C21H31NO3S/c1-18-12-14-19(15-13-18)26(23,24)22-16-8-4-2-3-5-9-17-25-21-11-7-6-10-20(21)22/h4,8,12-15,20-21H,2-3,5-7,9-11,16-17H2,1H3/b8-4+/t20-,21-/m1/s1. The molecule has 1 aliphatic heterocycles. The second-order valence-electron chi connectivity index (χ2n) is 7.47. The van der Waals surface area contributed by atoms with Gasteiger partial charge < -0.3 is 4.74 Å². The van der Waals surface area contributed by atoms with E-state index < -0.39 is 10.0 Å². The molecule has 4 nitrogen and oxygen atoms in total. The Morgan fingerprint density at radius 3 is 2.54 bits per heavy atom. The Labute approximate surface area is 158 Å². The van der Waals surface area contributed by atoms with E-state index in [0.717, 1.165) is 57.1 Å². The van der Waals surface area contributed by atoms with Gasteiger partial charge in [-0.2, -0.15) is 4.31 Å². The fraction of sp³-hybridized carbons (Fsp3) is 0.619. The Balaban J connectivity index is 1.92. The average molecular weight is 378 g/mol. The molecule has 5 heteroatoms. The van der Waals surface area contributed by atoms with Crippen molar-refractivity contribution in [1.29, 1.82) is 0 Å². The largest absolute Gasteiger partial charge is 0.377 e. The number of hydrogen-bond donors (Lipinski definition) is 0. The van der Waals surface area contributed by atoms with Gasteiger partial charge in [-0.1, -0.05) is 49.1 Å². The molecule has 0 amide bonds. The van der Waals surface area contributed by atoms with E-state index in [0.29, 0.717) is 11.4 Å². The molecule has 1 fully saturated rings. The lowest BCUT2D eigenvalue weighted by molar-refractivity contribution is -0.0152. The van der Waals surface area contributed by atoms with Crippen molar-refractivity contribution in [1.82, 2.24) is 4.31 Å². The number of benzene rings is 1. The molecule has 0 N–H and O–H groups in total. The molecule has 2 atom stereocenters. The van der Waals surface area contributed by atoms with Gasteiger partial charge >= 0.3 is 0 Å². The molecular weight excluding hydrogens is 346 g/mol. The minimum Gasteiger partial charge on any atom is -0.377 e. The first-order valence-corrected chi connectivity index (χ1v) is 11.4. The van der Waals surface area contributed by atoms with Crippen LogP contribution in [0, 0.1) is 6.92 Å². The van der Waals surface area contributed by atoms with E-state index in [1.165, 1.54) is 6.42 Å². The molecule has 0 radical (unpaired) electrons. The van der Waals surface area contributed by atoms with Crippen LogP contribution in [0.1, 0.15) is 56.9 Å². The zero-order valence-corrected chi connectivity index (χ0v) is 16.6. The first-order valence-electron chi connectivity index (χ1n) is 9.94. The fourth-order valence-electron chi connectivity index (χ4n) is 3.93. The molecule has 0 saturated heterocycles. The highest BCUT2D eigenvalue weighted by Gasteiger charge is 2.37. The summed E-state index contributed by atoms with van der Waals surface area (Å²) in [5.41, 5.74) is 1.07. The van der Waals surface area contributed by atoms with E-state index in [1.807, 2.05) is 25.1 Å². The number of rotatable bonds is 2. The minimum atomic E-state index is -3.54. The smallest absolute Gasteiger partial charge is 0.243 e. The van der Waals surface area contributed by atoms with E-state index in [4.69, 9.17) is 4.74 Å². The van der Waals surface area contributed by atoms with Gasteiger partial charge in [0.05, 0.1) is 17.0 Å². The molecule has 1 heterocycles. The molecule has 144 valence electrons. The van der Waals surface area contributed by atoms with Gasteiger partial charge in [-0.3, -0.25) is 0 Å². The molecule has 1 aromatic carbocycles. The summed E-state index contributed by atoms with van der Waals surface area (Å²) in [5, 5.41) is 0. The van der Waals surface area contributed by atoms with Crippen LogP contribution in [0.5, 0.6) is 0 Å². The van der Waals surface area contributed by atoms with E-state index in [9.17, 15) is 8.42 Å². The van der Waals surface area contributed by atoms with Crippen LogP contribution < -0.4 is 0 Å². The van der Waals surface area contributed by atoms with Crippen molar-refractivity contribution in [3.63, 3.8) is 0 Å². The average Bonchev–Trinajstić information content (AvgIpc) is 2.62. The number of nitrogens with zero attached hydrogens (tertiary/aromatic N) is 1. The van der Waals surface area contributed by atoms with Crippen molar-refractivity contribution in [3.8, 4) is 0 Å². The summed E-state index contributed by atoms with van der Waals surface area (Å²) in [5.74, 6) is 0. The molecule has 3 rings (SSSR count). The van der Waals surface area contributed by atoms with E-state index in [-0.39, 0.29) is 12.1 Å². The van der Waals surface area contributed by atoms with Crippen molar-refractivity contribution < 1.29 is 13.2 Å². The maximum Gasteiger partial charge on any atom is 0.243 e. The minimum absolute atomic E-state index is 0.0109. The SMILES string of the molecule is Cc1ccc(S(=O)(=O)N2C/C=C/CCCCCO[C@@H]3CCCC[C@H]32)cc1. The van der Waals surface area contributed by atoms with Gasteiger partial charge in [0.2, 0.25) is 10.0 Å².